The summed E-state index contributed by atoms with van der Waals surface area (Å²) in [7, 11) is -3.78. The van der Waals surface area contributed by atoms with Crippen LogP contribution in [0.5, 0.6) is 0 Å². The second-order valence-corrected chi connectivity index (χ2v) is 9.87. The fraction of sp³-hybridized carbons (Fsp3) is 0.391. The Morgan fingerprint density at radius 3 is 2.09 bits per heavy atom. The highest BCUT2D eigenvalue weighted by molar-refractivity contribution is 7.89. The zero-order chi connectivity index (χ0) is 24.1. The molecule has 0 spiro atoms. The lowest BCUT2D eigenvalue weighted by Crippen LogP contribution is -2.48. The number of carbonyl (C=O) groups excluding carboxylic acids is 2. The molecule has 0 saturated carbocycles. The predicted molar refractivity (Wildman–Crippen MR) is 126 cm³/mol. The first-order valence-corrected chi connectivity index (χ1v) is 12.3. The van der Waals surface area contributed by atoms with Crippen LogP contribution in [0.15, 0.2) is 53.4 Å². The van der Waals surface area contributed by atoms with E-state index in [1.54, 1.807) is 6.92 Å². The zero-order valence-electron chi connectivity index (χ0n) is 18.8. The average Bonchev–Trinajstić information content (AvgIpc) is 2.78. The number of anilines is 2. The summed E-state index contributed by atoms with van der Waals surface area (Å²) in [6, 6.07) is 13.0. The molecule has 1 fully saturated rings. The van der Waals surface area contributed by atoms with Crippen LogP contribution < -0.4 is 21.1 Å². The third-order valence-corrected chi connectivity index (χ3v) is 6.79. The molecule has 1 aliphatic heterocycles. The smallest absolute Gasteiger partial charge is 0.241 e. The number of rotatable bonds is 8. The molecule has 33 heavy (non-hydrogen) atoms. The van der Waals surface area contributed by atoms with E-state index < -0.39 is 16.1 Å². The van der Waals surface area contributed by atoms with Crippen LogP contribution in [0.25, 0.3) is 0 Å². The Kier molecular flexibility index (Phi) is 7.85. The number of ether oxygens (including phenoxy) is 1. The molecule has 1 heterocycles. The number of primary sulfonamides is 1. The molecule has 9 nitrogen and oxygen atoms in total. The summed E-state index contributed by atoms with van der Waals surface area (Å²) >= 11 is 0. The third kappa shape index (κ3) is 6.61. The van der Waals surface area contributed by atoms with Crippen molar-refractivity contribution in [3.8, 4) is 0 Å². The van der Waals surface area contributed by atoms with Crippen LogP contribution in [0.4, 0.5) is 11.4 Å². The van der Waals surface area contributed by atoms with Gasteiger partial charge in [0.2, 0.25) is 21.8 Å². The zero-order valence-corrected chi connectivity index (χ0v) is 19.6. The quantitative estimate of drug-likeness (QED) is 0.461. The number of hydrogen-bond donors (Lipinski definition) is 4. The summed E-state index contributed by atoms with van der Waals surface area (Å²) in [5, 5.41) is 14.0. The Labute approximate surface area is 194 Å². The van der Waals surface area contributed by atoms with Crippen molar-refractivity contribution in [3.63, 3.8) is 0 Å². The average molecular weight is 475 g/mol. The van der Waals surface area contributed by atoms with Gasteiger partial charge in [0.05, 0.1) is 10.9 Å². The van der Waals surface area contributed by atoms with Gasteiger partial charge in [-0.3, -0.25) is 9.59 Å². The molecule has 1 atom stereocenters. The van der Waals surface area contributed by atoms with Crippen LogP contribution in [0.3, 0.4) is 0 Å². The van der Waals surface area contributed by atoms with Gasteiger partial charge >= 0.3 is 0 Å². The van der Waals surface area contributed by atoms with Gasteiger partial charge in [-0.05, 0) is 61.7 Å². The predicted octanol–water partition coefficient (Wildman–Crippen LogP) is 1.96. The summed E-state index contributed by atoms with van der Waals surface area (Å²) in [5.41, 5.74) is 2.15. The Morgan fingerprint density at radius 1 is 1.00 bits per heavy atom. The molecular formula is C23H30N4O5S. The van der Waals surface area contributed by atoms with E-state index >= 15 is 0 Å². The van der Waals surface area contributed by atoms with Crippen LogP contribution in [0.1, 0.15) is 32.3 Å². The summed E-state index contributed by atoms with van der Waals surface area (Å²) in [5.74, 6) is -0.356. The maximum atomic E-state index is 12.7. The first-order valence-electron chi connectivity index (χ1n) is 10.7. The molecule has 10 heteroatoms. The minimum absolute atomic E-state index is 0.0161. The fourth-order valence-electron chi connectivity index (χ4n) is 3.86. The Bertz CT molecular complexity index is 1080. The van der Waals surface area contributed by atoms with Crippen molar-refractivity contribution < 1.29 is 22.7 Å². The van der Waals surface area contributed by atoms with Crippen LogP contribution in [-0.4, -0.2) is 46.0 Å². The highest BCUT2D eigenvalue weighted by Gasteiger charge is 2.35. The minimum Gasteiger partial charge on any atom is -0.381 e. The van der Waals surface area contributed by atoms with Crippen molar-refractivity contribution in [1.29, 1.82) is 0 Å². The van der Waals surface area contributed by atoms with Gasteiger partial charge in [0.15, 0.2) is 0 Å². The fourth-order valence-corrected chi connectivity index (χ4v) is 4.38. The third-order valence-electron chi connectivity index (χ3n) is 5.86. The molecule has 2 aromatic rings. The second kappa shape index (κ2) is 10.4. The highest BCUT2D eigenvalue weighted by atomic mass is 32.2. The van der Waals surface area contributed by atoms with E-state index in [0.29, 0.717) is 25.4 Å². The SMILES string of the molecule is CC(=O)Nc1ccc(C2(CNC(C)C(=O)Nc3ccc(S(N)(=O)=O)cc3)CCOCC2)cc1. The summed E-state index contributed by atoms with van der Waals surface area (Å²) < 4.78 is 28.3. The molecule has 1 saturated heterocycles. The van der Waals surface area contributed by atoms with Crippen molar-refractivity contribution in [3.05, 3.63) is 54.1 Å². The van der Waals surface area contributed by atoms with Gasteiger partial charge in [-0.2, -0.15) is 0 Å². The summed E-state index contributed by atoms with van der Waals surface area (Å²) in [4.78, 5) is 23.9. The maximum Gasteiger partial charge on any atom is 0.241 e. The van der Waals surface area contributed by atoms with E-state index in [1.807, 2.05) is 24.3 Å². The molecule has 1 unspecified atom stereocenters. The maximum absolute atomic E-state index is 12.7. The molecule has 178 valence electrons. The molecule has 5 N–H and O–H groups in total. The van der Waals surface area contributed by atoms with Gasteiger partial charge in [-0.25, -0.2) is 13.6 Å². The molecule has 0 bridgehead atoms. The highest BCUT2D eigenvalue weighted by Crippen LogP contribution is 2.35. The Balaban J connectivity index is 1.65. The Hall–Kier alpha value is -2.79. The molecule has 0 radical (unpaired) electrons. The number of benzene rings is 2. The van der Waals surface area contributed by atoms with Gasteiger partial charge in [-0.15, -0.1) is 0 Å². The summed E-state index contributed by atoms with van der Waals surface area (Å²) in [6.45, 7) is 5.09. The largest absolute Gasteiger partial charge is 0.381 e. The molecule has 0 aliphatic carbocycles. The normalized spacial score (nSPS) is 16.6. The molecule has 2 amide bonds. The first kappa shape index (κ1) is 24.8. The number of sulfonamides is 1. The number of nitrogens with one attached hydrogen (secondary N) is 3. The number of carbonyl (C=O) groups is 2. The number of hydrogen-bond acceptors (Lipinski definition) is 6. The van der Waals surface area contributed by atoms with Crippen molar-refractivity contribution in [2.45, 2.75) is 43.0 Å². The molecule has 3 rings (SSSR count). The van der Waals surface area contributed by atoms with Gasteiger partial charge in [-0.1, -0.05) is 12.1 Å². The second-order valence-electron chi connectivity index (χ2n) is 8.31. The van der Waals surface area contributed by atoms with Crippen LogP contribution in [0, 0.1) is 0 Å². The van der Waals surface area contributed by atoms with Gasteiger partial charge in [0.1, 0.15) is 0 Å². The lowest BCUT2D eigenvalue weighted by Gasteiger charge is -2.39. The standard InChI is InChI=1S/C23H30N4O5S/c1-16(22(29)27-20-7-9-21(10-8-20)33(24,30)31)25-15-23(11-13-32-14-12-23)18-3-5-19(6-4-18)26-17(2)28/h3-10,16,25H,11-15H2,1-2H3,(H,26,28)(H,27,29)(H2,24,30,31). The van der Waals surface area contributed by atoms with E-state index in [9.17, 15) is 18.0 Å². The monoisotopic (exact) mass is 474 g/mol. The van der Waals surface area contributed by atoms with Crippen molar-refractivity contribution in [2.24, 2.45) is 5.14 Å². The van der Waals surface area contributed by atoms with Crippen LogP contribution in [-0.2, 0) is 29.8 Å². The molecule has 2 aromatic carbocycles. The topological polar surface area (TPSA) is 140 Å². The lowest BCUT2D eigenvalue weighted by atomic mass is 9.74. The van der Waals surface area contributed by atoms with Gasteiger partial charge < -0.3 is 20.7 Å². The Morgan fingerprint density at radius 2 is 1.55 bits per heavy atom. The summed E-state index contributed by atoms with van der Waals surface area (Å²) in [6.07, 6.45) is 1.62. The molecular weight excluding hydrogens is 444 g/mol. The van der Waals surface area contributed by atoms with E-state index in [1.165, 1.54) is 31.2 Å². The van der Waals surface area contributed by atoms with Crippen LogP contribution in [0.2, 0.25) is 0 Å². The minimum atomic E-state index is -3.78. The number of nitrogens with two attached hydrogens (primary N) is 1. The molecule has 1 aliphatic rings. The van der Waals surface area contributed by atoms with Crippen molar-refractivity contribution in [2.75, 3.05) is 30.4 Å². The van der Waals surface area contributed by atoms with Crippen molar-refractivity contribution in [1.82, 2.24) is 5.32 Å². The molecule has 0 aromatic heterocycles. The first-order chi connectivity index (χ1) is 15.6. The van der Waals surface area contributed by atoms with Gasteiger partial charge in [0.25, 0.3) is 0 Å². The van der Waals surface area contributed by atoms with E-state index in [4.69, 9.17) is 9.88 Å². The van der Waals surface area contributed by atoms with Crippen molar-refractivity contribution >= 4 is 33.2 Å². The van der Waals surface area contributed by atoms with Crippen LogP contribution >= 0.6 is 0 Å². The van der Waals surface area contributed by atoms with E-state index in [2.05, 4.69) is 16.0 Å². The lowest BCUT2D eigenvalue weighted by molar-refractivity contribution is -0.118. The number of amides is 2. The van der Waals surface area contributed by atoms with E-state index in [0.717, 1.165) is 24.1 Å². The van der Waals surface area contributed by atoms with Gasteiger partial charge in [0, 0.05) is 43.5 Å². The van der Waals surface area contributed by atoms with E-state index in [-0.39, 0.29) is 22.1 Å².